The molecule has 3 heterocycles. The molecule has 2 aromatic rings. The molecule has 0 saturated carbocycles. The highest BCUT2D eigenvalue weighted by atomic mass is 35.5. The second-order valence-electron chi connectivity index (χ2n) is 8.51. The van der Waals surface area contributed by atoms with Crippen molar-refractivity contribution in [2.75, 3.05) is 31.7 Å². The molecule has 0 bridgehead atoms. The maximum Gasteiger partial charge on any atom is 0.256 e. The van der Waals surface area contributed by atoms with Gasteiger partial charge in [0.15, 0.2) is 0 Å². The molecule has 186 valence electrons. The van der Waals surface area contributed by atoms with Gasteiger partial charge in [0, 0.05) is 47.2 Å². The molecule has 2 atom stereocenters. The maximum absolute atomic E-state index is 12.9. The third kappa shape index (κ3) is 6.49. The highest BCUT2D eigenvalue weighted by Gasteiger charge is 2.28. The Morgan fingerprint density at radius 1 is 1.34 bits per heavy atom. The number of hydrogen-bond acceptors (Lipinski definition) is 7. The highest BCUT2D eigenvalue weighted by molar-refractivity contribution is 7.81. The zero-order valence-electron chi connectivity index (χ0n) is 19.7. The molecule has 35 heavy (non-hydrogen) atoms. The standard InChI is InChI=1S/C25H29ClN4O4S/c1-15-10-21(23(24(31)29-15)25(35)30-20-5-3-4-19(26)16(20)2)28-11-17-6-7-27-12-22(17)34-14-18-13-32-8-9-33-18/h3-7,12,15,18,28H,8-11,13-14H2,1-2H3,(H,29,31)(H,30,35). The highest BCUT2D eigenvalue weighted by Crippen LogP contribution is 2.26. The van der Waals surface area contributed by atoms with Crippen LogP contribution in [0.1, 0.15) is 24.5 Å². The summed E-state index contributed by atoms with van der Waals surface area (Å²) >= 11 is 11.9. The predicted octanol–water partition coefficient (Wildman–Crippen LogP) is 3.53. The summed E-state index contributed by atoms with van der Waals surface area (Å²) < 4.78 is 17.1. The maximum atomic E-state index is 12.9. The number of amides is 1. The minimum atomic E-state index is -0.218. The normalized spacial score (nSPS) is 20.3. The molecule has 2 aliphatic rings. The topological polar surface area (TPSA) is 93.7 Å². The molecule has 0 radical (unpaired) electrons. The second-order valence-corrected chi connectivity index (χ2v) is 9.33. The lowest BCUT2D eigenvalue weighted by Crippen LogP contribution is -2.44. The Labute approximate surface area is 215 Å². The van der Waals surface area contributed by atoms with E-state index in [4.69, 9.17) is 38.0 Å². The summed E-state index contributed by atoms with van der Waals surface area (Å²) in [5.74, 6) is 0.434. The van der Waals surface area contributed by atoms with Gasteiger partial charge >= 0.3 is 0 Å². The van der Waals surface area contributed by atoms with Gasteiger partial charge in [-0.05, 0) is 37.6 Å². The Hall–Kier alpha value is -2.72. The van der Waals surface area contributed by atoms with Crippen LogP contribution in [-0.2, 0) is 20.8 Å². The van der Waals surface area contributed by atoms with E-state index in [-0.39, 0.29) is 18.1 Å². The number of aromatic nitrogens is 1. The first-order valence-corrected chi connectivity index (χ1v) is 12.3. The number of anilines is 1. The average Bonchev–Trinajstić information content (AvgIpc) is 2.85. The number of benzene rings is 1. The Morgan fingerprint density at radius 2 is 2.20 bits per heavy atom. The summed E-state index contributed by atoms with van der Waals surface area (Å²) in [7, 11) is 0. The molecule has 0 aliphatic carbocycles. The summed E-state index contributed by atoms with van der Waals surface area (Å²) in [6, 6.07) is 7.40. The third-order valence-corrected chi connectivity index (χ3v) is 6.55. The molecule has 2 unspecified atom stereocenters. The molecule has 0 spiro atoms. The molecular formula is C25H29ClN4O4S. The van der Waals surface area contributed by atoms with Crippen LogP contribution < -0.4 is 20.7 Å². The van der Waals surface area contributed by atoms with E-state index in [1.165, 1.54) is 0 Å². The molecule has 1 aromatic heterocycles. The van der Waals surface area contributed by atoms with Crippen molar-refractivity contribution in [3.8, 4) is 5.75 Å². The lowest BCUT2D eigenvalue weighted by molar-refractivity contribution is -0.118. The minimum absolute atomic E-state index is 0.0268. The quantitative estimate of drug-likeness (QED) is 0.459. The molecule has 1 aromatic carbocycles. The summed E-state index contributed by atoms with van der Waals surface area (Å²) in [6.07, 6.45) is 3.90. The van der Waals surface area contributed by atoms with Gasteiger partial charge in [-0.15, -0.1) is 0 Å². The van der Waals surface area contributed by atoms with Gasteiger partial charge in [0.1, 0.15) is 23.4 Å². The van der Waals surface area contributed by atoms with Crippen LogP contribution in [0.15, 0.2) is 47.9 Å². The van der Waals surface area contributed by atoms with Crippen LogP contribution in [0.2, 0.25) is 5.02 Å². The molecule has 4 rings (SSSR count). The van der Waals surface area contributed by atoms with Crippen molar-refractivity contribution in [3.63, 3.8) is 0 Å². The van der Waals surface area contributed by atoms with Crippen molar-refractivity contribution >= 4 is 40.4 Å². The van der Waals surface area contributed by atoms with E-state index in [1.807, 2.05) is 38.1 Å². The van der Waals surface area contributed by atoms with Crippen LogP contribution in [0.25, 0.3) is 0 Å². The van der Waals surface area contributed by atoms with Crippen molar-refractivity contribution < 1.29 is 19.0 Å². The van der Waals surface area contributed by atoms with Gasteiger partial charge in [0.25, 0.3) is 5.91 Å². The summed E-state index contributed by atoms with van der Waals surface area (Å²) in [5, 5.41) is 10.2. The number of nitrogens with one attached hydrogen (secondary N) is 3. The molecule has 1 saturated heterocycles. The first kappa shape index (κ1) is 25.4. The van der Waals surface area contributed by atoms with E-state index in [9.17, 15) is 4.79 Å². The van der Waals surface area contributed by atoms with E-state index in [0.29, 0.717) is 60.7 Å². The van der Waals surface area contributed by atoms with Gasteiger partial charge in [0.05, 0.1) is 31.6 Å². The minimum Gasteiger partial charge on any atom is -0.489 e. The van der Waals surface area contributed by atoms with Crippen molar-refractivity contribution in [2.45, 2.75) is 39.0 Å². The third-order valence-electron chi connectivity index (χ3n) is 5.83. The lowest BCUT2D eigenvalue weighted by atomic mass is 10.0. The zero-order valence-corrected chi connectivity index (χ0v) is 21.3. The monoisotopic (exact) mass is 516 g/mol. The Balaban J connectivity index is 1.49. The van der Waals surface area contributed by atoms with Crippen LogP contribution >= 0.6 is 23.8 Å². The number of carbonyl (C=O) groups is 1. The number of hydrogen-bond donors (Lipinski definition) is 3. The fourth-order valence-corrected chi connectivity index (χ4v) is 4.42. The van der Waals surface area contributed by atoms with Crippen LogP contribution in [0.4, 0.5) is 5.69 Å². The van der Waals surface area contributed by atoms with E-state index < -0.39 is 0 Å². The van der Waals surface area contributed by atoms with Crippen molar-refractivity contribution in [2.24, 2.45) is 0 Å². The Bertz CT molecular complexity index is 1120. The summed E-state index contributed by atoms with van der Waals surface area (Å²) in [4.78, 5) is 17.5. The van der Waals surface area contributed by atoms with Crippen molar-refractivity contribution in [1.82, 2.24) is 15.6 Å². The van der Waals surface area contributed by atoms with Crippen LogP contribution in [0, 0.1) is 6.92 Å². The first-order chi connectivity index (χ1) is 16.9. The molecule has 2 aliphatic heterocycles. The van der Waals surface area contributed by atoms with Gasteiger partial charge in [-0.3, -0.25) is 9.78 Å². The molecule has 3 N–H and O–H groups in total. The smallest absolute Gasteiger partial charge is 0.256 e. The molecule has 8 nitrogen and oxygen atoms in total. The van der Waals surface area contributed by atoms with E-state index in [0.717, 1.165) is 22.5 Å². The molecule has 1 fully saturated rings. The lowest BCUT2D eigenvalue weighted by Gasteiger charge is -2.28. The van der Waals surface area contributed by atoms with Gasteiger partial charge in [-0.1, -0.05) is 29.9 Å². The number of thiocarbonyl (C=S) groups is 1. The van der Waals surface area contributed by atoms with Crippen LogP contribution in [0.5, 0.6) is 5.75 Å². The average molecular weight is 517 g/mol. The number of ether oxygens (including phenoxy) is 3. The van der Waals surface area contributed by atoms with E-state index in [1.54, 1.807) is 12.4 Å². The van der Waals surface area contributed by atoms with Gasteiger partial charge in [-0.25, -0.2) is 0 Å². The van der Waals surface area contributed by atoms with Crippen LogP contribution in [0.3, 0.4) is 0 Å². The summed E-state index contributed by atoms with van der Waals surface area (Å²) in [5.41, 5.74) is 3.72. The number of carbonyl (C=O) groups excluding carboxylic acids is 1. The van der Waals surface area contributed by atoms with Gasteiger partial charge < -0.3 is 30.2 Å². The number of rotatable bonds is 8. The molecule has 1 amide bonds. The van der Waals surface area contributed by atoms with E-state index in [2.05, 4.69) is 20.9 Å². The SMILES string of the molecule is Cc1c(Cl)cccc1NC(=S)C1=C(NCc2ccncc2OCC2COCCO2)CC(C)NC1=O. The molecule has 10 heteroatoms. The summed E-state index contributed by atoms with van der Waals surface area (Å²) in [6.45, 7) is 6.36. The predicted molar refractivity (Wildman–Crippen MR) is 139 cm³/mol. The van der Waals surface area contributed by atoms with Crippen molar-refractivity contribution in [1.29, 1.82) is 0 Å². The van der Waals surface area contributed by atoms with Gasteiger partial charge in [0.2, 0.25) is 0 Å². The largest absolute Gasteiger partial charge is 0.489 e. The number of halogens is 1. The van der Waals surface area contributed by atoms with Crippen molar-refractivity contribution in [3.05, 3.63) is 64.1 Å². The second kappa shape index (κ2) is 11.8. The van der Waals surface area contributed by atoms with E-state index >= 15 is 0 Å². The Morgan fingerprint density at radius 3 is 3.00 bits per heavy atom. The Kier molecular flexibility index (Phi) is 8.56. The zero-order chi connectivity index (χ0) is 24.8. The first-order valence-electron chi connectivity index (χ1n) is 11.5. The molecular weight excluding hydrogens is 488 g/mol. The van der Waals surface area contributed by atoms with Gasteiger partial charge in [-0.2, -0.15) is 0 Å². The number of pyridine rings is 1. The fourth-order valence-electron chi connectivity index (χ4n) is 3.92. The van der Waals surface area contributed by atoms with Crippen LogP contribution in [-0.4, -0.2) is 54.5 Å². The fraction of sp³-hybridized carbons (Fsp3) is 0.400. The number of nitrogens with zero attached hydrogens (tertiary/aromatic N) is 1.